The number of carboxylic acid groups (broad SMARTS) is 1. The van der Waals surface area contributed by atoms with Crippen LogP contribution in [0.2, 0.25) is 0 Å². The van der Waals surface area contributed by atoms with Gasteiger partial charge in [0.1, 0.15) is 5.01 Å². The van der Waals surface area contributed by atoms with Crippen molar-refractivity contribution in [3.8, 4) is 0 Å². The van der Waals surface area contributed by atoms with Gasteiger partial charge in [-0.3, -0.25) is 9.00 Å². The Morgan fingerprint density at radius 3 is 2.62 bits per heavy atom. The highest BCUT2D eigenvalue weighted by Gasteiger charge is 2.16. The molecule has 1 aromatic heterocycles. The molecule has 0 saturated heterocycles. The molecule has 0 amide bonds. The topological polar surface area (TPSA) is 67.3 Å². The minimum atomic E-state index is -1.15. The van der Waals surface area contributed by atoms with E-state index in [0.717, 1.165) is 15.6 Å². The fraction of sp³-hybridized carbons (Fsp3) is 0.600. The first kappa shape index (κ1) is 13.3. The minimum absolute atomic E-state index is 0.188. The molecule has 0 radical (unpaired) electrons. The first-order valence-electron chi connectivity index (χ1n) is 4.91. The maximum Gasteiger partial charge on any atom is 0.307 e. The van der Waals surface area contributed by atoms with E-state index >= 15 is 0 Å². The second-order valence-electron chi connectivity index (χ2n) is 3.74. The number of carboxylic acids is 1. The Morgan fingerprint density at radius 1 is 1.56 bits per heavy atom. The Morgan fingerprint density at radius 2 is 2.19 bits per heavy atom. The van der Waals surface area contributed by atoms with Crippen molar-refractivity contribution in [1.29, 1.82) is 0 Å². The van der Waals surface area contributed by atoms with Gasteiger partial charge in [0.15, 0.2) is 0 Å². The number of hydrogen-bond donors (Lipinski definition) is 1. The molecular weight excluding hydrogens is 246 g/mol. The van der Waals surface area contributed by atoms with Crippen LogP contribution < -0.4 is 0 Å². The van der Waals surface area contributed by atoms with Crippen molar-refractivity contribution in [2.75, 3.05) is 5.75 Å². The predicted octanol–water partition coefficient (Wildman–Crippen LogP) is 1.73. The second kappa shape index (κ2) is 5.54. The third-order valence-corrected chi connectivity index (χ3v) is 4.94. The molecule has 1 N–H and O–H groups in total. The summed E-state index contributed by atoms with van der Waals surface area (Å²) in [5.41, 5.74) is 0.961. The van der Waals surface area contributed by atoms with Gasteiger partial charge in [0.05, 0.1) is 17.4 Å². The van der Waals surface area contributed by atoms with Crippen molar-refractivity contribution in [2.24, 2.45) is 5.92 Å². The smallest absolute Gasteiger partial charge is 0.307 e. The van der Waals surface area contributed by atoms with Crippen molar-refractivity contribution in [3.05, 3.63) is 15.6 Å². The quantitative estimate of drug-likeness (QED) is 0.876. The number of rotatable bonds is 5. The maximum absolute atomic E-state index is 11.7. The lowest BCUT2D eigenvalue weighted by atomic mass is 10.2. The number of aryl methyl sites for hydroxylation is 2. The predicted molar refractivity (Wildman–Crippen MR) is 65.1 cm³/mol. The normalized spacial score (nSPS) is 14.7. The molecule has 1 rings (SSSR count). The fourth-order valence-corrected chi connectivity index (χ4v) is 3.67. The van der Waals surface area contributed by atoms with Gasteiger partial charge in [-0.05, 0) is 13.8 Å². The average Bonchev–Trinajstić information content (AvgIpc) is 2.45. The summed E-state index contributed by atoms with van der Waals surface area (Å²) in [6.45, 7) is 5.45. The highest BCUT2D eigenvalue weighted by molar-refractivity contribution is 7.84. The van der Waals surface area contributed by atoms with Crippen LogP contribution in [0.1, 0.15) is 22.5 Å². The monoisotopic (exact) mass is 261 g/mol. The summed E-state index contributed by atoms with van der Waals surface area (Å²) < 4.78 is 11.7. The number of aliphatic carboxylic acids is 1. The Bertz CT molecular complexity index is 395. The Balaban J connectivity index is 2.55. The summed E-state index contributed by atoms with van der Waals surface area (Å²) in [6.07, 6.45) is 0. The van der Waals surface area contributed by atoms with E-state index in [1.165, 1.54) is 11.3 Å². The number of carbonyl (C=O) groups is 1. The summed E-state index contributed by atoms with van der Waals surface area (Å²) in [5, 5.41) is 9.52. The van der Waals surface area contributed by atoms with E-state index < -0.39 is 22.7 Å². The Hall–Kier alpha value is -0.750. The number of nitrogens with zero attached hydrogens (tertiary/aromatic N) is 1. The third-order valence-electron chi connectivity index (χ3n) is 2.21. The summed E-state index contributed by atoms with van der Waals surface area (Å²) in [6, 6.07) is 0. The first-order valence-corrected chi connectivity index (χ1v) is 7.21. The Labute approximate surface area is 101 Å². The molecule has 1 heterocycles. The average molecular weight is 261 g/mol. The third kappa shape index (κ3) is 3.68. The lowest BCUT2D eigenvalue weighted by molar-refractivity contribution is -0.140. The van der Waals surface area contributed by atoms with Crippen molar-refractivity contribution in [1.82, 2.24) is 4.98 Å². The molecule has 0 aliphatic carbocycles. The highest BCUT2D eigenvalue weighted by atomic mass is 32.2. The first-order chi connectivity index (χ1) is 7.40. The highest BCUT2D eigenvalue weighted by Crippen LogP contribution is 2.18. The zero-order valence-electron chi connectivity index (χ0n) is 9.52. The van der Waals surface area contributed by atoms with Crippen LogP contribution in [-0.4, -0.2) is 26.0 Å². The van der Waals surface area contributed by atoms with Gasteiger partial charge in [-0.15, -0.1) is 11.3 Å². The molecule has 2 unspecified atom stereocenters. The Kier molecular flexibility index (Phi) is 4.61. The summed E-state index contributed by atoms with van der Waals surface area (Å²) in [4.78, 5) is 16.0. The van der Waals surface area contributed by atoms with E-state index in [4.69, 9.17) is 5.11 Å². The number of aromatic nitrogens is 1. The zero-order chi connectivity index (χ0) is 12.3. The van der Waals surface area contributed by atoms with Gasteiger partial charge in [-0.1, -0.05) is 6.92 Å². The molecule has 0 aliphatic rings. The lowest BCUT2D eigenvalue weighted by Crippen LogP contribution is -2.18. The minimum Gasteiger partial charge on any atom is -0.481 e. The molecule has 0 aliphatic heterocycles. The van der Waals surface area contributed by atoms with Crippen molar-refractivity contribution in [3.63, 3.8) is 0 Å². The van der Waals surface area contributed by atoms with E-state index in [9.17, 15) is 9.00 Å². The van der Waals surface area contributed by atoms with E-state index in [0.29, 0.717) is 5.75 Å². The van der Waals surface area contributed by atoms with Gasteiger partial charge in [0, 0.05) is 21.4 Å². The van der Waals surface area contributed by atoms with E-state index in [2.05, 4.69) is 4.98 Å². The molecule has 4 nitrogen and oxygen atoms in total. The van der Waals surface area contributed by atoms with Crippen LogP contribution in [0, 0.1) is 19.8 Å². The molecule has 90 valence electrons. The number of thiazole rings is 1. The molecule has 0 bridgehead atoms. The van der Waals surface area contributed by atoms with Gasteiger partial charge in [0.2, 0.25) is 0 Å². The summed E-state index contributed by atoms with van der Waals surface area (Å²) in [7, 11) is -1.15. The van der Waals surface area contributed by atoms with Crippen LogP contribution in [0.4, 0.5) is 0 Å². The van der Waals surface area contributed by atoms with Crippen molar-refractivity contribution >= 4 is 28.1 Å². The summed E-state index contributed by atoms with van der Waals surface area (Å²) in [5.74, 6) is -0.924. The largest absolute Gasteiger partial charge is 0.481 e. The van der Waals surface area contributed by atoms with Gasteiger partial charge >= 0.3 is 5.97 Å². The second-order valence-corrected chi connectivity index (χ2v) is 6.53. The van der Waals surface area contributed by atoms with Gasteiger partial charge in [-0.2, -0.15) is 0 Å². The molecular formula is C10H15NO3S2. The summed E-state index contributed by atoms with van der Waals surface area (Å²) >= 11 is 1.53. The molecule has 0 fully saturated rings. The van der Waals surface area contributed by atoms with Crippen molar-refractivity contribution in [2.45, 2.75) is 26.5 Å². The fourth-order valence-electron chi connectivity index (χ4n) is 1.15. The van der Waals surface area contributed by atoms with Crippen LogP contribution in [0.15, 0.2) is 0 Å². The van der Waals surface area contributed by atoms with E-state index in [-0.39, 0.29) is 5.75 Å². The molecule has 1 aromatic rings. The molecule has 0 saturated carbocycles. The van der Waals surface area contributed by atoms with Crippen molar-refractivity contribution < 1.29 is 14.1 Å². The van der Waals surface area contributed by atoms with Gasteiger partial charge < -0.3 is 5.11 Å². The van der Waals surface area contributed by atoms with Crippen LogP contribution in [0.25, 0.3) is 0 Å². The molecule has 0 spiro atoms. The van der Waals surface area contributed by atoms with Gasteiger partial charge in [0.25, 0.3) is 0 Å². The molecule has 16 heavy (non-hydrogen) atoms. The molecule has 2 atom stereocenters. The van der Waals surface area contributed by atoms with Crippen LogP contribution in [0.3, 0.4) is 0 Å². The van der Waals surface area contributed by atoms with E-state index in [1.54, 1.807) is 6.92 Å². The molecule has 6 heteroatoms. The van der Waals surface area contributed by atoms with Gasteiger partial charge in [-0.25, -0.2) is 4.98 Å². The number of hydrogen-bond acceptors (Lipinski definition) is 4. The van der Waals surface area contributed by atoms with E-state index in [1.807, 2.05) is 13.8 Å². The lowest BCUT2D eigenvalue weighted by Gasteiger charge is -2.04. The maximum atomic E-state index is 11.7. The SMILES string of the molecule is Cc1nc(CS(=O)CC(C)C(=O)O)sc1C. The van der Waals surface area contributed by atoms with Crippen LogP contribution >= 0.6 is 11.3 Å². The molecule has 0 aromatic carbocycles. The van der Waals surface area contributed by atoms with Crippen LogP contribution in [0.5, 0.6) is 0 Å². The van der Waals surface area contributed by atoms with Crippen LogP contribution in [-0.2, 0) is 21.3 Å². The zero-order valence-corrected chi connectivity index (χ0v) is 11.2. The standard InChI is InChI=1S/C10H15NO3S2/c1-6(10(12)13)4-16(14)5-9-11-7(2)8(3)15-9/h6H,4-5H2,1-3H3,(H,12,13).